The molecule has 33 heavy (non-hydrogen) atoms. The molecule has 5 atom stereocenters. The van der Waals surface area contributed by atoms with Crippen LogP contribution in [0.3, 0.4) is 0 Å². The highest BCUT2D eigenvalue weighted by Gasteiger charge is 2.74. The first-order valence-corrected chi connectivity index (χ1v) is 13.2. The van der Waals surface area contributed by atoms with Gasteiger partial charge < -0.3 is 15.5 Å². The number of amides is 3. The van der Waals surface area contributed by atoms with Gasteiger partial charge in [0.05, 0.1) is 6.04 Å². The van der Waals surface area contributed by atoms with E-state index in [4.69, 9.17) is 23.2 Å². The molecule has 3 aliphatic rings. The van der Waals surface area contributed by atoms with E-state index < -0.39 is 34.0 Å². The van der Waals surface area contributed by atoms with Crippen LogP contribution < -0.4 is 10.6 Å². The van der Waals surface area contributed by atoms with Gasteiger partial charge in [-0.1, -0.05) is 46.5 Å². The Morgan fingerprint density at radius 2 is 1.73 bits per heavy atom. The molecule has 2 saturated carbocycles. The quantitative estimate of drug-likeness (QED) is 0.354. The maximum atomic E-state index is 13.4. The summed E-state index contributed by atoms with van der Waals surface area (Å²) in [4.78, 5) is 53.4. The van der Waals surface area contributed by atoms with Crippen molar-refractivity contribution in [2.24, 2.45) is 23.7 Å². The number of alkyl halides is 2. The zero-order valence-electron chi connectivity index (χ0n) is 19.9. The first-order valence-electron chi connectivity index (χ1n) is 12.5. The Bertz CT molecular complexity index is 769. The predicted octanol–water partition coefficient (Wildman–Crippen LogP) is 3.21. The zero-order chi connectivity index (χ0) is 24.3. The minimum atomic E-state index is -1.05. The maximum absolute atomic E-state index is 13.4. The van der Waals surface area contributed by atoms with Crippen LogP contribution >= 0.6 is 23.2 Å². The number of carbonyl (C=O) groups excluding carboxylic acids is 4. The highest BCUT2D eigenvalue weighted by molar-refractivity contribution is 6.51. The van der Waals surface area contributed by atoms with Crippen LogP contribution in [0.4, 0.5) is 0 Å². The molecule has 0 radical (unpaired) electrons. The molecule has 0 bridgehead atoms. The SMILES string of the molecule is CCCNC(=O)C(=O)C(CCC)NC(=O)[C@@H]1[C@@H]2[C@H](CN1C(=O)[C@@H](C)C1CCCCC1)C2(Cl)Cl. The number of piperidine rings is 1. The van der Waals surface area contributed by atoms with Gasteiger partial charge in [0, 0.05) is 30.8 Å². The first-order chi connectivity index (χ1) is 15.6. The highest BCUT2D eigenvalue weighted by atomic mass is 35.5. The monoisotopic (exact) mass is 501 g/mol. The normalized spacial score (nSPS) is 27.9. The Morgan fingerprint density at radius 3 is 2.33 bits per heavy atom. The standard InChI is InChI=1S/C24H37Cl2N3O4/c1-4-9-17(20(30)22(32)27-12-5-2)28-21(31)19-18-16(24(18,25)26)13-29(19)23(33)14(3)15-10-7-6-8-11-15/h14-19H,4-13H2,1-3H3,(H,27,32)(H,28,31)/t14-,16-,17?,18-,19-/m0/s1. The molecular weight excluding hydrogens is 465 g/mol. The van der Waals surface area contributed by atoms with Crippen molar-refractivity contribution in [3.05, 3.63) is 0 Å². The van der Waals surface area contributed by atoms with E-state index in [1.807, 2.05) is 20.8 Å². The van der Waals surface area contributed by atoms with Gasteiger partial charge >= 0.3 is 0 Å². The summed E-state index contributed by atoms with van der Waals surface area (Å²) >= 11 is 12.9. The minimum absolute atomic E-state index is 0.0440. The molecule has 2 N–H and O–H groups in total. The largest absolute Gasteiger partial charge is 0.349 e. The molecule has 2 aliphatic carbocycles. The van der Waals surface area contributed by atoms with E-state index in [-0.39, 0.29) is 23.7 Å². The minimum Gasteiger partial charge on any atom is -0.349 e. The second-order valence-electron chi connectivity index (χ2n) is 9.90. The van der Waals surface area contributed by atoms with Crippen molar-refractivity contribution >= 4 is 46.7 Å². The molecular formula is C24H37Cl2N3O4. The first kappa shape index (κ1) is 26.3. The fraction of sp³-hybridized carbons (Fsp3) is 0.833. The molecule has 0 aromatic rings. The summed E-state index contributed by atoms with van der Waals surface area (Å²) in [7, 11) is 0. The third-order valence-corrected chi connectivity index (χ3v) is 8.66. The number of hydrogen-bond acceptors (Lipinski definition) is 4. The molecule has 1 saturated heterocycles. The van der Waals surface area contributed by atoms with Gasteiger partial charge in [-0.15, -0.1) is 23.2 Å². The smallest absolute Gasteiger partial charge is 0.289 e. The Balaban J connectivity index is 1.73. The lowest BCUT2D eigenvalue weighted by Gasteiger charge is -2.35. The molecule has 0 aromatic heterocycles. The summed E-state index contributed by atoms with van der Waals surface area (Å²) in [6.45, 7) is 6.47. The van der Waals surface area contributed by atoms with Crippen molar-refractivity contribution in [3.63, 3.8) is 0 Å². The van der Waals surface area contributed by atoms with E-state index in [1.54, 1.807) is 4.90 Å². The van der Waals surface area contributed by atoms with Crippen molar-refractivity contribution in [1.82, 2.24) is 15.5 Å². The molecule has 3 rings (SSSR count). The van der Waals surface area contributed by atoms with Gasteiger partial charge in [0.1, 0.15) is 10.4 Å². The van der Waals surface area contributed by atoms with Crippen molar-refractivity contribution in [1.29, 1.82) is 0 Å². The lowest BCUT2D eigenvalue weighted by Crippen LogP contribution is -2.56. The molecule has 9 heteroatoms. The topological polar surface area (TPSA) is 95.6 Å². The van der Waals surface area contributed by atoms with Crippen LogP contribution in [0.1, 0.15) is 72.1 Å². The van der Waals surface area contributed by atoms with Gasteiger partial charge in [-0.3, -0.25) is 19.2 Å². The number of nitrogens with one attached hydrogen (secondary N) is 2. The van der Waals surface area contributed by atoms with Crippen molar-refractivity contribution in [2.45, 2.75) is 88.6 Å². The Morgan fingerprint density at radius 1 is 1.06 bits per heavy atom. The van der Waals surface area contributed by atoms with E-state index in [0.29, 0.717) is 38.3 Å². The number of ketones is 1. The second kappa shape index (κ2) is 10.9. The van der Waals surface area contributed by atoms with Crippen LogP contribution in [0, 0.1) is 23.7 Å². The average Bonchev–Trinajstić information content (AvgIpc) is 3.14. The molecule has 7 nitrogen and oxygen atoms in total. The molecule has 1 unspecified atom stereocenters. The van der Waals surface area contributed by atoms with Crippen LogP contribution in [-0.2, 0) is 19.2 Å². The number of hydrogen-bond donors (Lipinski definition) is 2. The van der Waals surface area contributed by atoms with Gasteiger partial charge in [-0.2, -0.15) is 0 Å². The highest BCUT2D eigenvalue weighted by Crippen LogP contribution is 2.65. The van der Waals surface area contributed by atoms with E-state index in [1.165, 1.54) is 6.42 Å². The van der Waals surface area contributed by atoms with Gasteiger partial charge in [0.2, 0.25) is 17.6 Å². The van der Waals surface area contributed by atoms with Crippen molar-refractivity contribution in [3.8, 4) is 0 Å². The van der Waals surface area contributed by atoms with Crippen LogP contribution in [-0.4, -0.2) is 57.9 Å². The summed E-state index contributed by atoms with van der Waals surface area (Å²) in [6, 6.07) is -1.76. The summed E-state index contributed by atoms with van der Waals surface area (Å²) < 4.78 is -1.05. The summed E-state index contributed by atoms with van der Waals surface area (Å²) in [5.74, 6) is -2.25. The van der Waals surface area contributed by atoms with Crippen LogP contribution in [0.2, 0.25) is 0 Å². The molecule has 0 spiro atoms. The average molecular weight is 502 g/mol. The fourth-order valence-electron chi connectivity index (χ4n) is 5.53. The molecule has 0 aromatic carbocycles. The van der Waals surface area contributed by atoms with E-state index in [0.717, 1.165) is 25.7 Å². The summed E-state index contributed by atoms with van der Waals surface area (Å²) in [5, 5.41) is 5.33. The van der Waals surface area contributed by atoms with Crippen molar-refractivity contribution < 1.29 is 19.2 Å². The van der Waals surface area contributed by atoms with Crippen LogP contribution in [0.15, 0.2) is 0 Å². The Kier molecular flexibility index (Phi) is 8.71. The van der Waals surface area contributed by atoms with Crippen molar-refractivity contribution in [2.75, 3.05) is 13.1 Å². The van der Waals surface area contributed by atoms with E-state index in [9.17, 15) is 19.2 Å². The number of rotatable bonds is 10. The summed E-state index contributed by atoms with van der Waals surface area (Å²) in [6.07, 6.45) is 7.18. The Labute approximate surface area is 206 Å². The third-order valence-electron chi connectivity index (χ3n) is 7.60. The third kappa shape index (κ3) is 5.50. The van der Waals surface area contributed by atoms with Gasteiger partial charge in [0.25, 0.3) is 5.91 Å². The van der Waals surface area contributed by atoms with E-state index >= 15 is 0 Å². The number of carbonyl (C=O) groups is 4. The van der Waals surface area contributed by atoms with Gasteiger partial charge in [-0.25, -0.2) is 0 Å². The van der Waals surface area contributed by atoms with E-state index in [2.05, 4.69) is 10.6 Å². The molecule has 1 aliphatic heterocycles. The number of Topliss-reactive ketones (excluding diaryl/α,β-unsaturated/α-hetero) is 1. The molecule has 3 fully saturated rings. The lowest BCUT2D eigenvalue weighted by atomic mass is 9.80. The van der Waals surface area contributed by atoms with Gasteiger partial charge in [-0.05, 0) is 31.6 Å². The number of fused-ring (bicyclic) bond motifs is 1. The molecule has 3 amide bonds. The number of nitrogens with zero attached hydrogens (tertiary/aromatic N) is 1. The second-order valence-corrected chi connectivity index (χ2v) is 11.3. The zero-order valence-corrected chi connectivity index (χ0v) is 21.4. The predicted molar refractivity (Wildman–Crippen MR) is 128 cm³/mol. The fourth-order valence-corrected chi connectivity index (χ4v) is 6.36. The van der Waals surface area contributed by atoms with Crippen LogP contribution in [0.5, 0.6) is 0 Å². The lowest BCUT2D eigenvalue weighted by molar-refractivity contribution is -0.145. The molecule has 1 heterocycles. The van der Waals surface area contributed by atoms with Gasteiger partial charge in [0.15, 0.2) is 0 Å². The maximum Gasteiger partial charge on any atom is 0.289 e. The molecule has 186 valence electrons. The van der Waals surface area contributed by atoms with Crippen LogP contribution in [0.25, 0.3) is 0 Å². The Hall–Kier alpha value is -1.34. The summed E-state index contributed by atoms with van der Waals surface area (Å²) in [5.41, 5.74) is 0. The number of likely N-dealkylation sites (tertiary alicyclic amines) is 1. The number of halogens is 2.